The lowest BCUT2D eigenvalue weighted by atomic mass is 9.98. The van der Waals surface area contributed by atoms with Gasteiger partial charge in [0, 0.05) is 13.5 Å². The molecule has 46 heavy (non-hydrogen) atoms. The Morgan fingerprint density at radius 2 is 1.78 bits per heavy atom. The Labute approximate surface area is 268 Å². The molecule has 0 saturated carbocycles. The van der Waals surface area contributed by atoms with Crippen LogP contribution < -0.4 is 16.1 Å². The van der Waals surface area contributed by atoms with Crippen molar-refractivity contribution in [3.63, 3.8) is 0 Å². The number of methoxy groups -OCH3 is 1. The largest absolute Gasteiger partial charge is 0.456 e. The molecule has 3 atom stereocenters. The molecule has 0 spiro atoms. The number of benzene rings is 2. The Kier molecular flexibility index (Phi) is 9.85. The molecule has 2 aromatic heterocycles. The van der Waals surface area contributed by atoms with Crippen LogP contribution in [-0.4, -0.2) is 79.0 Å². The summed E-state index contributed by atoms with van der Waals surface area (Å²) in [6.45, 7) is 6.53. The Hall–Kier alpha value is -4.19. The van der Waals surface area contributed by atoms with E-state index in [2.05, 4.69) is 65.9 Å². The van der Waals surface area contributed by atoms with E-state index in [-0.39, 0.29) is 48.3 Å². The van der Waals surface area contributed by atoms with Gasteiger partial charge < -0.3 is 29.1 Å². The van der Waals surface area contributed by atoms with E-state index in [9.17, 15) is 9.18 Å². The van der Waals surface area contributed by atoms with E-state index in [1.165, 1.54) is 18.0 Å². The van der Waals surface area contributed by atoms with E-state index in [1.54, 1.807) is 0 Å². The van der Waals surface area contributed by atoms with Gasteiger partial charge in [-0.2, -0.15) is 14.4 Å². The van der Waals surface area contributed by atoms with Crippen molar-refractivity contribution < 1.29 is 32.6 Å². The summed E-state index contributed by atoms with van der Waals surface area (Å²) in [5, 5.41) is 1.72. The fraction of sp³-hybridized carbons (Fsp3) is 0.394. The average molecular weight is 648 g/mol. The van der Waals surface area contributed by atoms with Crippen LogP contribution in [0.15, 0.2) is 67.0 Å². The molecule has 3 heterocycles. The van der Waals surface area contributed by atoms with Gasteiger partial charge in [-0.15, -0.1) is 6.42 Å². The van der Waals surface area contributed by atoms with Crippen LogP contribution in [0.2, 0.25) is 5.04 Å². The van der Waals surface area contributed by atoms with Crippen LogP contribution in [0.3, 0.4) is 0 Å². The topological polar surface area (TPSA) is 133 Å². The molecule has 5 rings (SSSR count). The summed E-state index contributed by atoms with van der Waals surface area (Å²) in [5.41, 5.74) is 4.68. The van der Waals surface area contributed by atoms with Gasteiger partial charge in [0.15, 0.2) is 22.6 Å². The van der Waals surface area contributed by atoms with Crippen LogP contribution in [0.25, 0.3) is 11.2 Å². The fourth-order valence-corrected chi connectivity index (χ4v) is 10.5. The Balaban J connectivity index is 1.55. The number of fused-ring (bicyclic) bond motifs is 1. The van der Waals surface area contributed by atoms with Crippen molar-refractivity contribution in [2.45, 2.75) is 50.2 Å². The van der Waals surface area contributed by atoms with Gasteiger partial charge in [-0.1, -0.05) is 87.4 Å². The van der Waals surface area contributed by atoms with E-state index in [4.69, 9.17) is 35.5 Å². The van der Waals surface area contributed by atoms with Crippen molar-refractivity contribution in [2.75, 3.05) is 39.3 Å². The molecular formula is C33H38FN5O6Si. The van der Waals surface area contributed by atoms with Gasteiger partial charge in [-0.05, 0) is 15.4 Å². The van der Waals surface area contributed by atoms with Crippen LogP contribution in [-0.2, 0) is 28.2 Å². The predicted molar refractivity (Wildman–Crippen MR) is 172 cm³/mol. The normalized spacial score (nSPS) is 20.1. The number of nitrogens with zero attached hydrogens (tertiary/aromatic N) is 4. The molecule has 0 aliphatic carbocycles. The van der Waals surface area contributed by atoms with Crippen LogP contribution in [0.1, 0.15) is 33.4 Å². The highest BCUT2D eigenvalue weighted by Gasteiger charge is 2.56. The summed E-state index contributed by atoms with van der Waals surface area (Å²) >= 11 is 0. The number of hydrogen-bond acceptors (Lipinski definition) is 10. The Bertz CT molecular complexity index is 1650. The van der Waals surface area contributed by atoms with E-state index in [0.29, 0.717) is 6.61 Å². The molecule has 0 bridgehead atoms. The first-order valence-corrected chi connectivity index (χ1v) is 16.8. The Morgan fingerprint density at radius 1 is 1.13 bits per heavy atom. The van der Waals surface area contributed by atoms with Gasteiger partial charge in [0.1, 0.15) is 18.9 Å². The fourth-order valence-electron chi connectivity index (χ4n) is 5.94. The van der Waals surface area contributed by atoms with Gasteiger partial charge in [0.05, 0.1) is 26.1 Å². The van der Waals surface area contributed by atoms with Gasteiger partial charge in [0.2, 0.25) is 0 Å². The number of nitrogens with two attached hydrogens (primary N) is 1. The summed E-state index contributed by atoms with van der Waals surface area (Å²) in [7, 11) is -1.55. The van der Waals surface area contributed by atoms with Crippen LogP contribution in [0.4, 0.5) is 10.2 Å². The zero-order valence-corrected chi connectivity index (χ0v) is 27.3. The summed E-state index contributed by atoms with van der Waals surface area (Å²) in [6.07, 6.45) is 4.93. The standard InChI is InChI=1S/C33H38FN5O6Si/c1-6-33(21-43-46(32(2,3)4,23-13-9-7-10-14-23)24-15-11-8-12-16-24)25(44-27(40)20-42-18-17-41-5)19-26(45-33)39-22-36-28-29(35)37-31(34)38-30(28)39/h1,7-16,22,25-26H,17-21H2,2-5H3,(H2,35,37,38)/t25-,26+,33+/m0/s1. The molecule has 0 radical (unpaired) electrons. The molecule has 2 N–H and O–H groups in total. The van der Waals surface area contributed by atoms with Gasteiger partial charge in [0.25, 0.3) is 8.32 Å². The lowest BCUT2D eigenvalue weighted by Gasteiger charge is -2.44. The second kappa shape index (κ2) is 13.7. The molecule has 1 aliphatic heterocycles. The smallest absolute Gasteiger partial charge is 0.332 e. The van der Waals surface area contributed by atoms with E-state index in [0.717, 1.165) is 10.4 Å². The van der Waals surface area contributed by atoms with E-state index < -0.39 is 38.3 Å². The molecule has 4 aromatic rings. The maximum absolute atomic E-state index is 14.2. The monoisotopic (exact) mass is 647 g/mol. The lowest BCUT2D eigenvalue weighted by molar-refractivity contribution is -0.163. The molecule has 242 valence electrons. The minimum absolute atomic E-state index is 0.0924. The average Bonchev–Trinajstić information content (AvgIpc) is 3.62. The number of rotatable bonds is 12. The lowest BCUT2D eigenvalue weighted by Crippen LogP contribution is -2.68. The highest BCUT2D eigenvalue weighted by Crippen LogP contribution is 2.43. The zero-order chi connectivity index (χ0) is 33.0. The SMILES string of the molecule is C#C[C@]1(CO[Si](c2ccccc2)(c2ccccc2)C(C)(C)C)O[C@@H](n2cnc3c(N)nc(F)nc32)C[C@@H]1OC(=O)COCCOC. The minimum atomic E-state index is -3.09. The summed E-state index contributed by atoms with van der Waals surface area (Å²) in [5.74, 6) is 2.02. The van der Waals surface area contributed by atoms with Crippen LogP contribution in [0.5, 0.6) is 0 Å². The van der Waals surface area contributed by atoms with Crippen LogP contribution in [0, 0.1) is 18.4 Å². The third-order valence-electron chi connectivity index (χ3n) is 8.10. The quantitative estimate of drug-likeness (QED) is 0.0805. The molecule has 13 heteroatoms. The molecule has 1 saturated heterocycles. The first kappa shape index (κ1) is 33.2. The van der Waals surface area contributed by atoms with Crippen molar-refractivity contribution in [1.82, 2.24) is 19.5 Å². The number of terminal acetylenes is 1. The second-order valence-corrected chi connectivity index (χ2v) is 16.3. The zero-order valence-electron chi connectivity index (χ0n) is 26.3. The summed E-state index contributed by atoms with van der Waals surface area (Å²) < 4.78 is 45.8. The highest BCUT2D eigenvalue weighted by molar-refractivity contribution is 6.99. The number of anilines is 1. The van der Waals surface area contributed by atoms with E-state index in [1.807, 2.05) is 36.4 Å². The van der Waals surface area contributed by atoms with E-state index >= 15 is 0 Å². The van der Waals surface area contributed by atoms with Crippen molar-refractivity contribution >= 4 is 41.6 Å². The molecule has 0 amide bonds. The van der Waals surface area contributed by atoms with Gasteiger partial charge in [-0.25, -0.2) is 9.78 Å². The second-order valence-electron chi connectivity index (χ2n) is 12.0. The number of hydrogen-bond donors (Lipinski definition) is 1. The number of imidazole rings is 1. The molecule has 1 aliphatic rings. The molecule has 11 nitrogen and oxygen atoms in total. The van der Waals surface area contributed by atoms with Crippen LogP contribution >= 0.6 is 0 Å². The number of halogens is 1. The van der Waals surface area contributed by atoms with Gasteiger partial charge >= 0.3 is 12.0 Å². The van der Waals surface area contributed by atoms with Crippen molar-refractivity contribution in [2.24, 2.45) is 0 Å². The number of carbonyl (C=O) groups excluding carboxylic acids is 1. The third-order valence-corrected chi connectivity index (χ3v) is 13.1. The molecule has 0 unspecified atom stereocenters. The molecular weight excluding hydrogens is 609 g/mol. The van der Waals surface area contributed by atoms with Crippen molar-refractivity contribution in [1.29, 1.82) is 0 Å². The predicted octanol–water partition coefficient (Wildman–Crippen LogP) is 2.99. The van der Waals surface area contributed by atoms with Crippen molar-refractivity contribution in [3.05, 3.63) is 73.1 Å². The first-order chi connectivity index (χ1) is 22.0. The summed E-state index contributed by atoms with van der Waals surface area (Å²) in [6, 6.07) is 20.1. The first-order valence-electron chi connectivity index (χ1n) is 14.9. The Morgan fingerprint density at radius 3 is 2.37 bits per heavy atom. The molecule has 2 aromatic carbocycles. The maximum Gasteiger partial charge on any atom is 0.332 e. The van der Waals surface area contributed by atoms with Gasteiger partial charge in [-0.3, -0.25) is 4.57 Å². The minimum Gasteiger partial charge on any atom is -0.456 e. The van der Waals surface area contributed by atoms with Crippen molar-refractivity contribution in [3.8, 4) is 12.3 Å². The number of esters is 1. The number of ether oxygens (including phenoxy) is 4. The molecule has 1 fully saturated rings. The number of carbonyl (C=O) groups is 1. The number of nitrogen functional groups attached to an aromatic ring is 1. The summed E-state index contributed by atoms with van der Waals surface area (Å²) in [4.78, 5) is 24.7. The number of aromatic nitrogens is 4. The maximum atomic E-state index is 14.2. The highest BCUT2D eigenvalue weighted by atomic mass is 28.4. The third kappa shape index (κ3) is 6.40.